The van der Waals surface area contributed by atoms with Crippen LogP contribution in [-0.2, 0) is 7.05 Å². The zero-order valence-corrected chi connectivity index (χ0v) is 12.6. The van der Waals surface area contributed by atoms with Crippen molar-refractivity contribution in [3.8, 4) is 0 Å². The second-order valence-corrected chi connectivity index (χ2v) is 5.33. The van der Waals surface area contributed by atoms with Crippen molar-refractivity contribution in [2.45, 2.75) is 13.8 Å². The van der Waals surface area contributed by atoms with Crippen molar-refractivity contribution in [3.05, 3.63) is 63.6 Å². The van der Waals surface area contributed by atoms with E-state index >= 15 is 0 Å². The van der Waals surface area contributed by atoms with Gasteiger partial charge >= 0.3 is 5.76 Å². The van der Waals surface area contributed by atoms with Crippen LogP contribution in [0.2, 0.25) is 0 Å². The number of hydrogen-bond donors (Lipinski definition) is 1. The van der Waals surface area contributed by atoms with Crippen LogP contribution in [0.1, 0.15) is 21.5 Å². The molecular weight excluding hydrogens is 280 g/mol. The number of rotatable bonds is 2. The zero-order chi connectivity index (χ0) is 15.9. The normalized spacial score (nSPS) is 10.9. The van der Waals surface area contributed by atoms with E-state index in [1.807, 2.05) is 32.0 Å². The third kappa shape index (κ3) is 2.30. The largest absolute Gasteiger partial charge is 0.419 e. The topological polar surface area (TPSA) is 64.2 Å². The summed E-state index contributed by atoms with van der Waals surface area (Å²) in [6.45, 7) is 3.89. The fraction of sp³-hybridized carbons (Fsp3) is 0.176. The Balaban J connectivity index is 1.97. The molecule has 0 saturated carbocycles. The number of carbonyl (C=O) groups excluding carboxylic acids is 1. The van der Waals surface area contributed by atoms with Crippen LogP contribution in [0.5, 0.6) is 0 Å². The molecule has 1 amide bonds. The quantitative estimate of drug-likeness (QED) is 0.790. The van der Waals surface area contributed by atoms with Gasteiger partial charge in [-0.25, -0.2) is 4.79 Å². The summed E-state index contributed by atoms with van der Waals surface area (Å²) in [6, 6.07) is 10.8. The predicted molar refractivity (Wildman–Crippen MR) is 85.3 cm³/mol. The molecule has 0 aliphatic rings. The Morgan fingerprint density at radius 3 is 2.50 bits per heavy atom. The van der Waals surface area contributed by atoms with Crippen LogP contribution < -0.4 is 11.1 Å². The van der Waals surface area contributed by atoms with Crippen LogP contribution in [0.3, 0.4) is 0 Å². The van der Waals surface area contributed by atoms with E-state index in [1.54, 1.807) is 25.2 Å². The lowest BCUT2D eigenvalue weighted by Crippen LogP contribution is -2.13. The van der Waals surface area contributed by atoms with Crippen LogP contribution >= 0.6 is 0 Å². The van der Waals surface area contributed by atoms with Gasteiger partial charge in [0, 0.05) is 18.3 Å². The fourth-order valence-electron chi connectivity index (χ4n) is 2.47. The minimum Gasteiger partial charge on any atom is -0.408 e. The van der Waals surface area contributed by atoms with Crippen molar-refractivity contribution in [2.75, 3.05) is 5.32 Å². The van der Waals surface area contributed by atoms with Crippen LogP contribution in [-0.4, -0.2) is 10.5 Å². The Hall–Kier alpha value is -2.82. The molecule has 22 heavy (non-hydrogen) atoms. The highest BCUT2D eigenvalue weighted by Crippen LogP contribution is 2.21. The maximum Gasteiger partial charge on any atom is 0.419 e. The number of aromatic nitrogens is 1. The summed E-state index contributed by atoms with van der Waals surface area (Å²) < 4.78 is 6.52. The highest BCUT2D eigenvalue weighted by molar-refractivity contribution is 6.06. The standard InChI is InChI=1S/C17H16N2O3/c1-10-5-4-6-11(2)15(10)18-16(20)12-7-8-13-14(9-12)22-17(21)19(13)3/h4-9H,1-3H3,(H,18,20). The molecule has 0 saturated heterocycles. The number of aryl methyl sites for hydroxylation is 3. The summed E-state index contributed by atoms with van der Waals surface area (Å²) in [5, 5.41) is 2.92. The van der Waals surface area contributed by atoms with Crippen molar-refractivity contribution in [1.29, 1.82) is 0 Å². The number of fused-ring (bicyclic) bond motifs is 1. The number of oxazole rings is 1. The molecule has 3 rings (SSSR count). The Morgan fingerprint density at radius 1 is 1.14 bits per heavy atom. The first-order valence-corrected chi connectivity index (χ1v) is 6.94. The molecule has 0 aliphatic carbocycles. The van der Waals surface area contributed by atoms with Gasteiger partial charge in [-0.1, -0.05) is 18.2 Å². The minimum absolute atomic E-state index is 0.231. The smallest absolute Gasteiger partial charge is 0.408 e. The molecule has 0 aliphatic heterocycles. The van der Waals surface area contributed by atoms with Crippen LogP contribution in [0.4, 0.5) is 5.69 Å². The lowest BCUT2D eigenvalue weighted by Gasteiger charge is -2.11. The number of anilines is 1. The van der Waals surface area contributed by atoms with E-state index in [4.69, 9.17) is 4.42 Å². The van der Waals surface area contributed by atoms with Gasteiger partial charge in [0.25, 0.3) is 5.91 Å². The maximum absolute atomic E-state index is 12.4. The van der Waals surface area contributed by atoms with Gasteiger partial charge in [0.2, 0.25) is 0 Å². The predicted octanol–water partition coefficient (Wildman–Crippen LogP) is 3.00. The number of amides is 1. The van der Waals surface area contributed by atoms with Crippen LogP contribution in [0, 0.1) is 13.8 Å². The molecule has 0 atom stereocenters. The Kier molecular flexibility index (Phi) is 3.33. The summed E-state index contributed by atoms with van der Waals surface area (Å²) in [4.78, 5) is 23.9. The fourth-order valence-corrected chi connectivity index (χ4v) is 2.47. The van der Waals surface area contributed by atoms with Crippen LogP contribution in [0.25, 0.3) is 11.1 Å². The van der Waals surface area contributed by atoms with Crippen molar-refractivity contribution < 1.29 is 9.21 Å². The molecule has 2 aromatic carbocycles. The summed E-state index contributed by atoms with van der Waals surface area (Å²) in [5.41, 5.74) is 4.32. The molecular formula is C17H16N2O3. The molecule has 5 heteroatoms. The number of nitrogens with one attached hydrogen (secondary N) is 1. The molecule has 3 aromatic rings. The summed E-state index contributed by atoms with van der Waals surface area (Å²) in [7, 11) is 1.63. The average Bonchev–Trinajstić information content (AvgIpc) is 2.77. The molecule has 0 spiro atoms. The van der Waals surface area contributed by atoms with Crippen molar-refractivity contribution >= 4 is 22.7 Å². The highest BCUT2D eigenvalue weighted by atomic mass is 16.4. The Labute approximate surface area is 127 Å². The summed E-state index contributed by atoms with van der Waals surface area (Å²) in [5.74, 6) is -0.673. The molecule has 0 radical (unpaired) electrons. The van der Waals surface area contributed by atoms with Gasteiger partial charge in [-0.15, -0.1) is 0 Å². The van der Waals surface area contributed by atoms with Crippen molar-refractivity contribution in [3.63, 3.8) is 0 Å². The average molecular weight is 296 g/mol. The molecule has 1 aromatic heterocycles. The van der Waals surface area contributed by atoms with Gasteiger partial charge in [0.1, 0.15) is 0 Å². The van der Waals surface area contributed by atoms with Crippen LogP contribution in [0.15, 0.2) is 45.6 Å². The van der Waals surface area contributed by atoms with Gasteiger partial charge in [-0.05, 0) is 43.2 Å². The molecule has 112 valence electrons. The number of nitrogens with zero attached hydrogens (tertiary/aromatic N) is 1. The van der Waals surface area contributed by atoms with E-state index in [0.717, 1.165) is 16.8 Å². The SMILES string of the molecule is Cc1cccc(C)c1NC(=O)c1ccc2c(c1)oc(=O)n2C. The molecule has 0 fully saturated rings. The van der Waals surface area contributed by atoms with E-state index < -0.39 is 5.76 Å². The second kappa shape index (κ2) is 5.18. The Morgan fingerprint density at radius 2 is 1.82 bits per heavy atom. The number of benzene rings is 2. The molecule has 1 heterocycles. The van der Waals surface area contributed by atoms with E-state index in [-0.39, 0.29) is 5.91 Å². The van der Waals surface area contributed by atoms with Gasteiger partial charge in [-0.2, -0.15) is 0 Å². The van der Waals surface area contributed by atoms with Gasteiger partial charge < -0.3 is 9.73 Å². The second-order valence-electron chi connectivity index (χ2n) is 5.33. The molecule has 1 N–H and O–H groups in total. The molecule has 0 bridgehead atoms. The monoisotopic (exact) mass is 296 g/mol. The van der Waals surface area contributed by atoms with E-state index in [2.05, 4.69) is 5.32 Å². The minimum atomic E-state index is -0.442. The number of hydrogen-bond acceptors (Lipinski definition) is 3. The highest BCUT2D eigenvalue weighted by Gasteiger charge is 2.13. The lowest BCUT2D eigenvalue weighted by molar-refractivity contribution is 0.102. The lowest BCUT2D eigenvalue weighted by atomic mass is 10.1. The molecule has 0 unspecified atom stereocenters. The molecule has 5 nitrogen and oxygen atoms in total. The third-order valence-corrected chi connectivity index (χ3v) is 3.77. The van der Waals surface area contributed by atoms with Crippen molar-refractivity contribution in [2.24, 2.45) is 7.05 Å². The summed E-state index contributed by atoms with van der Waals surface area (Å²) >= 11 is 0. The number of carbonyl (C=O) groups is 1. The number of para-hydroxylation sites is 1. The first kappa shape index (κ1) is 14.1. The van der Waals surface area contributed by atoms with Crippen molar-refractivity contribution in [1.82, 2.24) is 4.57 Å². The Bertz CT molecular complexity index is 914. The van der Waals surface area contributed by atoms with Gasteiger partial charge in [0.05, 0.1) is 5.52 Å². The first-order valence-electron chi connectivity index (χ1n) is 6.94. The maximum atomic E-state index is 12.4. The van der Waals surface area contributed by atoms with Gasteiger partial charge in [-0.3, -0.25) is 9.36 Å². The zero-order valence-electron chi connectivity index (χ0n) is 12.6. The van der Waals surface area contributed by atoms with E-state index in [1.165, 1.54) is 4.57 Å². The van der Waals surface area contributed by atoms with E-state index in [0.29, 0.717) is 16.7 Å². The third-order valence-electron chi connectivity index (χ3n) is 3.77. The van der Waals surface area contributed by atoms with E-state index in [9.17, 15) is 9.59 Å². The van der Waals surface area contributed by atoms with Gasteiger partial charge in [0.15, 0.2) is 5.58 Å². The summed E-state index contributed by atoms with van der Waals surface area (Å²) in [6.07, 6.45) is 0. The first-order chi connectivity index (χ1) is 10.5.